The van der Waals surface area contributed by atoms with Crippen LogP contribution in [0.1, 0.15) is 62.7 Å². The highest BCUT2D eigenvalue weighted by molar-refractivity contribution is 7.89. The largest absolute Gasteiger partial charge is 0.378 e. The zero-order valence-electron chi connectivity index (χ0n) is 20.6. The average molecular weight is 490 g/mol. The Bertz CT molecular complexity index is 980. The van der Waals surface area contributed by atoms with Gasteiger partial charge in [-0.3, -0.25) is 4.79 Å². The molecule has 1 aromatic carbocycles. The molecule has 7 nitrogen and oxygen atoms in total. The minimum absolute atomic E-state index is 0.158. The third-order valence-electron chi connectivity index (χ3n) is 8.70. The second-order valence-electron chi connectivity index (χ2n) is 11.0. The summed E-state index contributed by atoms with van der Waals surface area (Å²) in [4.78, 5) is 15.9. The van der Waals surface area contributed by atoms with Gasteiger partial charge in [0.2, 0.25) is 10.0 Å². The van der Waals surface area contributed by atoms with E-state index in [2.05, 4.69) is 10.2 Å². The van der Waals surface area contributed by atoms with Crippen molar-refractivity contribution in [1.29, 1.82) is 0 Å². The molecule has 0 atom stereocenters. The van der Waals surface area contributed by atoms with Gasteiger partial charge in [-0.1, -0.05) is 13.8 Å². The molecule has 4 bridgehead atoms. The molecule has 0 unspecified atom stereocenters. The lowest BCUT2D eigenvalue weighted by atomic mass is 9.49. The number of morpholine rings is 1. The SMILES string of the molecule is CCN(CC)S(=O)(=O)c1ccc(N2CCOCC2)c(C(=O)NCC23CC4CC(CC(C4)C2)C3)c1. The van der Waals surface area contributed by atoms with Gasteiger partial charge in [0.05, 0.1) is 23.7 Å². The van der Waals surface area contributed by atoms with Gasteiger partial charge < -0.3 is 15.0 Å². The minimum atomic E-state index is -3.65. The standard InChI is InChI=1S/C26H39N3O4S/c1-3-29(4-2)34(31,32)22-5-6-24(28-7-9-33-10-8-28)23(14-22)25(30)27-18-26-15-19-11-20(16-26)13-21(12-19)17-26/h5-6,14,19-21H,3-4,7-13,15-18H2,1-2H3,(H,27,30). The molecular weight excluding hydrogens is 450 g/mol. The van der Waals surface area contributed by atoms with E-state index in [1.807, 2.05) is 13.8 Å². The van der Waals surface area contributed by atoms with Crippen molar-refractivity contribution in [2.24, 2.45) is 23.2 Å². The van der Waals surface area contributed by atoms with E-state index in [0.717, 1.165) is 23.4 Å². The Hall–Kier alpha value is -1.64. The quantitative estimate of drug-likeness (QED) is 0.605. The Kier molecular flexibility index (Phi) is 6.68. The molecule has 5 aliphatic rings. The number of ether oxygens (including phenoxy) is 1. The van der Waals surface area contributed by atoms with E-state index < -0.39 is 10.0 Å². The number of nitrogens with one attached hydrogen (secondary N) is 1. The van der Waals surface area contributed by atoms with Gasteiger partial charge in [0.1, 0.15) is 0 Å². The van der Waals surface area contributed by atoms with Crippen molar-refractivity contribution < 1.29 is 17.9 Å². The molecular formula is C26H39N3O4S. The molecule has 5 fully saturated rings. The van der Waals surface area contributed by atoms with E-state index in [4.69, 9.17) is 4.74 Å². The van der Waals surface area contributed by atoms with Crippen LogP contribution in [0.5, 0.6) is 0 Å². The van der Waals surface area contributed by atoms with Crippen molar-refractivity contribution >= 4 is 21.6 Å². The fraction of sp³-hybridized carbons (Fsp3) is 0.731. The van der Waals surface area contributed by atoms with E-state index in [1.165, 1.54) is 42.8 Å². The number of sulfonamides is 1. The molecule has 1 N–H and O–H groups in total. The number of hydrogen-bond donors (Lipinski definition) is 1. The molecule has 1 saturated heterocycles. The number of anilines is 1. The summed E-state index contributed by atoms with van der Waals surface area (Å²) >= 11 is 0. The van der Waals surface area contributed by atoms with Crippen LogP contribution in [0.2, 0.25) is 0 Å². The molecule has 0 radical (unpaired) electrons. The number of carbonyl (C=O) groups is 1. The highest BCUT2D eigenvalue weighted by Gasteiger charge is 2.50. The summed E-state index contributed by atoms with van der Waals surface area (Å²) in [6.07, 6.45) is 7.81. The Balaban J connectivity index is 1.41. The maximum Gasteiger partial charge on any atom is 0.253 e. The number of amides is 1. The highest BCUT2D eigenvalue weighted by atomic mass is 32.2. The van der Waals surface area contributed by atoms with Gasteiger partial charge in [0, 0.05) is 38.4 Å². The lowest BCUT2D eigenvalue weighted by Crippen LogP contribution is -2.51. The normalized spacial score (nSPS) is 30.7. The summed E-state index contributed by atoms with van der Waals surface area (Å²) in [7, 11) is -3.65. The fourth-order valence-electron chi connectivity index (χ4n) is 7.52. The number of hydrogen-bond acceptors (Lipinski definition) is 5. The first-order chi connectivity index (χ1) is 16.3. The number of benzene rings is 1. The third-order valence-corrected chi connectivity index (χ3v) is 10.7. The lowest BCUT2D eigenvalue weighted by molar-refractivity contribution is -0.0503. The maximum absolute atomic E-state index is 13.6. The van der Waals surface area contributed by atoms with Gasteiger partial charge in [0.15, 0.2) is 0 Å². The van der Waals surface area contributed by atoms with Crippen molar-refractivity contribution in [2.45, 2.75) is 57.3 Å². The van der Waals surface area contributed by atoms with Crippen LogP contribution in [-0.2, 0) is 14.8 Å². The predicted molar refractivity (Wildman–Crippen MR) is 133 cm³/mol. The molecule has 188 valence electrons. The zero-order valence-corrected chi connectivity index (χ0v) is 21.4. The minimum Gasteiger partial charge on any atom is -0.378 e. The van der Waals surface area contributed by atoms with Crippen LogP contribution in [-0.4, -0.2) is 64.6 Å². The summed E-state index contributed by atoms with van der Waals surface area (Å²) in [5.41, 5.74) is 1.48. The van der Waals surface area contributed by atoms with E-state index >= 15 is 0 Å². The predicted octanol–water partition coefficient (Wildman–Crippen LogP) is 3.50. The molecule has 4 aliphatic carbocycles. The van der Waals surface area contributed by atoms with E-state index in [-0.39, 0.29) is 16.2 Å². The maximum atomic E-state index is 13.6. The van der Waals surface area contributed by atoms with Gasteiger partial charge in [-0.05, 0) is 79.9 Å². The Morgan fingerprint density at radius 3 is 2.21 bits per heavy atom. The second-order valence-corrected chi connectivity index (χ2v) is 12.9. The second kappa shape index (κ2) is 9.43. The van der Waals surface area contributed by atoms with Crippen LogP contribution < -0.4 is 10.2 Å². The van der Waals surface area contributed by atoms with Gasteiger partial charge in [-0.15, -0.1) is 0 Å². The molecule has 34 heavy (non-hydrogen) atoms. The molecule has 0 aromatic heterocycles. The lowest BCUT2D eigenvalue weighted by Gasteiger charge is -2.56. The highest BCUT2D eigenvalue weighted by Crippen LogP contribution is 2.59. The van der Waals surface area contributed by atoms with Crippen LogP contribution >= 0.6 is 0 Å². The van der Waals surface area contributed by atoms with Crippen molar-refractivity contribution in [3.63, 3.8) is 0 Å². The third kappa shape index (κ3) is 4.49. The van der Waals surface area contributed by atoms with Crippen LogP contribution in [0.15, 0.2) is 23.1 Å². The van der Waals surface area contributed by atoms with Crippen LogP contribution in [0.4, 0.5) is 5.69 Å². The smallest absolute Gasteiger partial charge is 0.253 e. The van der Waals surface area contributed by atoms with Crippen molar-refractivity contribution in [3.8, 4) is 0 Å². The van der Waals surface area contributed by atoms with Crippen molar-refractivity contribution in [1.82, 2.24) is 9.62 Å². The van der Waals surface area contributed by atoms with E-state index in [1.54, 1.807) is 18.2 Å². The first-order valence-electron chi connectivity index (χ1n) is 13.1. The van der Waals surface area contributed by atoms with Gasteiger partial charge in [-0.25, -0.2) is 8.42 Å². The number of carbonyl (C=O) groups excluding carboxylic acids is 1. The number of nitrogens with zero attached hydrogens (tertiary/aromatic N) is 2. The first kappa shape index (κ1) is 24.1. The molecule has 1 amide bonds. The fourth-order valence-corrected chi connectivity index (χ4v) is 9.00. The summed E-state index contributed by atoms with van der Waals surface area (Å²) in [6.45, 7) is 7.76. The van der Waals surface area contributed by atoms with E-state index in [9.17, 15) is 13.2 Å². The molecule has 0 spiro atoms. The monoisotopic (exact) mass is 489 g/mol. The molecule has 1 aromatic rings. The summed E-state index contributed by atoms with van der Waals surface area (Å²) in [5, 5.41) is 3.27. The van der Waals surface area contributed by atoms with Crippen LogP contribution in [0, 0.1) is 23.2 Å². The zero-order chi connectivity index (χ0) is 23.9. The molecule has 1 aliphatic heterocycles. The van der Waals surface area contributed by atoms with Crippen LogP contribution in [0.3, 0.4) is 0 Å². The summed E-state index contributed by atoms with van der Waals surface area (Å²) < 4.78 is 33.3. The van der Waals surface area contributed by atoms with Gasteiger partial charge >= 0.3 is 0 Å². The summed E-state index contributed by atoms with van der Waals surface area (Å²) in [6, 6.07) is 5.04. The molecule has 4 saturated carbocycles. The topological polar surface area (TPSA) is 79.0 Å². The van der Waals surface area contributed by atoms with Crippen molar-refractivity contribution in [3.05, 3.63) is 23.8 Å². The van der Waals surface area contributed by atoms with Gasteiger partial charge in [0.25, 0.3) is 5.91 Å². The molecule has 1 heterocycles. The van der Waals surface area contributed by atoms with Gasteiger partial charge in [-0.2, -0.15) is 4.31 Å². The summed E-state index contributed by atoms with van der Waals surface area (Å²) in [5.74, 6) is 2.33. The number of rotatable bonds is 8. The Morgan fingerprint density at radius 2 is 1.65 bits per heavy atom. The van der Waals surface area contributed by atoms with E-state index in [0.29, 0.717) is 51.5 Å². The molecule has 8 heteroatoms. The van der Waals surface area contributed by atoms with Crippen molar-refractivity contribution in [2.75, 3.05) is 50.8 Å². The molecule has 6 rings (SSSR count). The Morgan fingerprint density at radius 1 is 1.06 bits per heavy atom. The van der Waals surface area contributed by atoms with Crippen LogP contribution in [0.25, 0.3) is 0 Å². The first-order valence-corrected chi connectivity index (χ1v) is 14.5. The Labute approximate surface area is 204 Å². The average Bonchev–Trinajstić information content (AvgIpc) is 2.82.